The molecule has 19 heavy (non-hydrogen) atoms. The van der Waals surface area contributed by atoms with Crippen molar-refractivity contribution in [1.29, 1.82) is 0 Å². The van der Waals surface area contributed by atoms with Crippen molar-refractivity contribution in [1.82, 2.24) is 4.90 Å². The molecule has 104 valence electrons. The first kappa shape index (κ1) is 16.0. The number of urea groups is 1. The first-order valence-corrected chi connectivity index (χ1v) is 7.05. The Morgan fingerprint density at radius 2 is 1.79 bits per heavy atom. The van der Waals surface area contributed by atoms with E-state index < -0.39 is 18.0 Å². The van der Waals surface area contributed by atoms with E-state index in [1.807, 2.05) is 19.1 Å². The molecule has 1 rings (SSSR count). The molecule has 0 radical (unpaired) electrons. The minimum Gasteiger partial charge on any atom is -0.480 e. The van der Waals surface area contributed by atoms with Crippen molar-refractivity contribution in [3.05, 3.63) is 26.6 Å². The van der Waals surface area contributed by atoms with Crippen LogP contribution in [0.3, 0.4) is 0 Å². The van der Waals surface area contributed by atoms with E-state index in [0.29, 0.717) is 5.69 Å². The average Bonchev–Trinajstić information content (AvgIpc) is 2.31. The predicted molar refractivity (Wildman–Crippen MR) is 80.5 cm³/mol. The van der Waals surface area contributed by atoms with Crippen molar-refractivity contribution in [3.8, 4) is 0 Å². The van der Waals surface area contributed by atoms with Crippen LogP contribution in [-0.4, -0.2) is 35.1 Å². The van der Waals surface area contributed by atoms with E-state index in [2.05, 4.69) is 37.2 Å². The molecule has 7 heteroatoms. The Labute approximate surface area is 128 Å². The lowest BCUT2D eigenvalue weighted by molar-refractivity contribution is -0.141. The number of nitrogens with zero attached hydrogens (tertiary/aromatic N) is 1. The van der Waals surface area contributed by atoms with Crippen LogP contribution in [0.2, 0.25) is 0 Å². The van der Waals surface area contributed by atoms with Crippen LogP contribution in [0.5, 0.6) is 0 Å². The van der Waals surface area contributed by atoms with E-state index in [-0.39, 0.29) is 0 Å². The summed E-state index contributed by atoms with van der Waals surface area (Å²) in [5, 5.41) is 11.5. The highest BCUT2D eigenvalue weighted by Gasteiger charge is 2.22. The minimum atomic E-state index is -1.06. The summed E-state index contributed by atoms with van der Waals surface area (Å²) in [6.45, 7) is 3.38. The van der Waals surface area contributed by atoms with Crippen LogP contribution in [0, 0.1) is 6.92 Å². The predicted octanol–water partition coefficient (Wildman–Crippen LogP) is 3.46. The second-order valence-corrected chi connectivity index (χ2v) is 5.87. The molecule has 0 fully saturated rings. The topological polar surface area (TPSA) is 69.6 Å². The zero-order valence-corrected chi connectivity index (χ0v) is 13.9. The standard InChI is InChI=1S/C12H14Br2N2O3/c1-6-4-8(13)10(9(14)5-6)15-12(19)16(3)7(2)11(17)18/h4-5,7H,1-3H3,(H,15,19)(H,17,18). The third-order valence-electron chi connectivity index (χ3n) is 2.68. The summed E-state index contributed by atoms with van der Waals surface area (Å²) in [6.07, 6.45) is 0. The van der Waals surface area contributed by atoms with Crippen molar-refractivity contribution in [2.24, 2.45) is 0 Å². The second-order valence-electron chi connectivity index (χ2n) is 4.16. The Hall–Kier alpha value is -1.08. The molecule has 0 spiro atoms. The molecule has 1 aromatic rings. The Morgan fingerprint density at radius 1 is 1.32 bits per heavy atom. The molecule has 0 bridgehead atoms. The van der Waals surface area contributed by atoms with Gasteiger partial charge in [0.15, 0.2) is 0 Å². The SMILES string of the molecule is Cc1cc(Br)c(NC(=O)N(C)C(C)C(=O)O)c(Br)c1. The third-order valence-corrected chi connectivity index (χ3v) is 3.93. The van der Waals surface area contributed by atoms with Crippen molar-refractivity contribution in [3.63, 3.8) is 0 Å². The number of carbonyl (C=O) groups is 2. The van der Waals surface area contributed by atoms with Gasteiger partial charge < -0.3 is 15.3 Å². The summed E-state index contributed by atoms with van der Waals surface area (Å²) in [6, 6.07) is 2.34. The lowest BCUT2D eigenvalue weighted by Gasteiger charge is -2.22. The van der Waals surface area contributed by atoms with Crippen molar-refractivity contribution < 1.29 is 14.7 Å². The summed E-state index contributed by atoms with van der Waals surface area (Å²) in [7, 11) is 1.43. The number of rotatable bonds is 3. The number of hydrogen-bond donors (Lipinski definition) is 2. The molecule has 1 atom stereocenters. The molecule has 0 aliphatic carbocycles. The van der Waals surface area contributed by atoms with E-state index >= 15 is 0 Å². The van der Waals surface area contributed by atoms with E-state index in [1.54, 1.807) is 0 Å². The van der Waals surface area contributed by atoms with Crippen LogP contribution in [-0.2, 0) is 4.79 Å². The number of benzene rings is 1. The third kappa shape index (κ3) is 3.94. The number of carbonyl (C=O) groups excluding carboxylic acids is 1. The molecule has 0 heterocycles. The van der Waals surface area contributed by atoms with Crippen LogP contribution >= 0.6 is 31.9 Å². The van der Waals surface area contributed by atoms with Gasteiger partial charge >= 0.3 is 12.0 Å². The van der Waals surface area contributed by atoms with Gasteiger partial charge in [0.05, 0.1) is 5.69 Å². The van der Waals surface area contributed by atoms with Gasteiger partial charge in [-0.15, -0.1) is 0 Å². The molecule has 2 N–H and O–H groups in total. The lowest BCUT2D eigenvalue weighted by Crippen LogP contribution is -2.42. The fourth-order valence-electron chi connectivity index (χ4n) is 1.36. The normalized spacial score (nSPS) is 11.8. The molecule has 0 saturated heterocycles. The molecule has 0 aliphatic heterocycles. The number of likely N-dealkylation sites (N-methyl/N-ethyl adjacent to an activating group) is 1. The van der Waals surface area contributed by atoms with Crippen molar-refractivity contribution in [2.45, 2.75) is 19.9 Å². The van der Waals surface area contributed by atoms with E-state index in [4.69, 9.17) is 5.11 Å². The van der Waals surface area contributed by atoms with Gasteiger partial charge in [-0.2, -0.15) is 0 Å². The maximum Gasteiger partial charge on any atom is 0.326 e. The maximum absolute atomic E-state index is 12.0. The zero-order chi connectivity index (χ0) is 14.7. The molecule has 0 aromatic heterocycles. The monoisotopic (exact) mass is 392 g/mol. The molecule has 1 unspecified atom stereocenters. The second kappa shape index (κ2) is 6.38. The highest BCUT2D eigenvalue weighted by atomic mass is 79.9. The van der Waals surface area contributed by atoms with Crippen LogP contribution in [0.15, 0.2) is 21.1 Å². The van der Waals surface area contributed by atoms with Crippen LogP contribution in [0.4, 0.5) is 10.5 Å². The zero-order valence-electron chi connectivity index (χ0n) is 10.7. The first-order valence-electron chi connectivity index (χ1n) is 5.46. The highest BCUT2D eigenvalue weighted by Crippen LogP contribution is 2.32. The summed E-state index contributed by atoms with van der Waals surface area (Å²) >= 11 is 6.72. The van der Waals surface area contributed by atoms with Gasteiger partial charge in [0.2, 0.25) is 0 Å². The van der Waals surface area contributed by atoms with Gasteiger partial charge in [-0.1, -0.05) is 0 Å². The van der Waals surface area contributed by atoms with Crippen LogP contribution < -0.4 is 5.32 Å². The summed E-state index contributed by atoms with van der Waals surface area (Å²) in [5.41, 5.74) is 1.60. The van der Waals surface area contributed by atoms with Gasteiger partial charge in [0.1, 0.15) is 6.04 Å². The molecule has 2 amide bonds. The van der Waals surface area contributed by atoms with Crippen molar-refractivity contribution >= 4 is 49.5 Å². The molecule has 0 aliphatic rings. The largest absolute Gasteiger partial charge is 0.480 e. The van der Waals surface area contributed by atoms with Gasteiger partial charge in [-0.3, -0.25) is 0 Å². The van der Waals surface area contributed by atoms with E-state index in [9.17, 15) is 9.59 Å². The summed E-state index contributed by atoms with van der Waals surface area (Å²) < 4.78 is 1.45. The summed E-state index contributed by atoms with van der Waals surface area (Å²) in [4.78, 5) is 23.9. The van der Waals surface area contributed by atoms with E-state index in [0.717, 1.165) is 19.4 Å². The molecule has 0 saturated carbocycles. The maximum atomic E-state index is 12.0. The molecule has 1 aromatic carbocycles. The van der Waals surface area contributed by atoms with E-state index in [1.165, 1.54) is 14.0 Å². The highest BCUT2D eigenvalue weighted by molar-refractivity contribution is 9.11. The Kier molecular flexibility index (Phi) is 5.37. The van der Waals surface area contributed by atoms with Crippen molar-refractivity contribution in [2.75, 3.05) is 12.4 Å². The lowest BCUT2D eigenvalue weighted by atomic mass is 10.2. The first-order chi connectivity index (χ1) is 8.73. The van der Waals surface area contributed by atoms with Crippen LogP contribution in [0.25, 0.3) is 0 Å². The number of hydrogen-bond acceptors (Lipinski definition) is 2. The summed E-state index contributed by atoms with van der Waals surface area (Å²) in [5.74, 6) is -1.06. The van der Waals surface area contributed by atoms with Gasteiger partial charge in [0.25, 0.3) is 0 Å². The van der Waals surface area contributed by atoms with Gasteiger partial charge in [-0.25, -0.2) is 9.59 Å². The number of anilines is 1. The average molecular weight is 394 g/mol. The van der Waals surface area contributed by atoms with Crippen LogP contribution in [0.1, 0.15) is 12.5 Å². The quantitative estimate of drug-likeness (QED) is 0.826. The van der Waals surface area contributed by atoms with Gasteiger partial charge in [0, 0.05) is 16.0 Å². The number of aryl methyl sites for hydroxylation is 1. The fraction of sp³-hybridized carbons (Fsp3) is 0.333. The molecular weight excluding hydrogens is 380 g/mol. The molecule has 5 nitrogen and oxygen atoms in total. The number of carboxylic acid groups (broad SMARTS) is 1. The number of amides is 2. The number of halogens is 2. The Morgan fingerprint density at radius 3 is 2.21 bits per heavy atom. The molecular formula is C12H14Br2N2O3. The number of aliphatic carboxylic acids is 1. The smallest absolute Gasteiger partial charge is 0.326 e. The Bertz CT molecular complexity index is 497. The number of nitrogens with one attached hydrogen (secondary N) is 1. The Balaban J connectivity index is 2.92. The van der Waals surface area contributed by atoms with Gasteiger partial charge in [-0.05, 0) is 63.4 Å². The minimum absolute atomic E-state index is 0.486. The number of carboxylic acids is 1. The fourth-order valence-corrected chi connectivity index (χ4v) is 2.97.